The zero-order valence-electron chi connectivity index (χ0n) is 10.2. The molecule has 1 aliphatic heterocycles. The van der Waals surface area contributed by atoms with E-state index in [1.165, 1.54) is 0 Å². The van der Waals surface area contributed by atoms with E-state index in [1.807, 2.05) is 6.92 Å². The number of halogens is 4. The van der Waals surface area contributed by atoms with E-state index in [9.17, 15) is 17.6 Å². The van der Waals surface area contributed by atoms with E-state index in [2.05, 4.69) is 5.32 Å². The molecule has 3 rings (SSSR count). The molecule has 1 aromatic carbocycles. The van der Waals surface area contributed by atoms with Crippen molar-refractivity contribution in [3.63, 3.8) is 0 Å². The first-order chi connectivity index (χ1) is 8.86. The largest absolute Gasteiger partial charge is 0.419 e. The van der Waals surface area contributed by atoms with Crippen molar-refractivity contribution in [2.24, 2.45) is 0 Å². The second-order valence-corrected chi connectivity index (χ2v) is 5.10. The van der Waals surface area contributed by atoms with Crippen LogP contribution < -0.4 is 5.32 Å². The highest BCUT2D eigenvalue weighted by atomic mass is 19.4. The summed E-state index contributed by atoms with van der Waals surface area (Å²) in [5.41, 5.74) is -0.0920. The van der Waals surface area contributed by atoms with E-state index >= 15 is 0 Å². The molecule has 1 heterocycles. The van der Waals surface area contributed by atoms with Crippen molar-refractivity contribution in [2.75, 3.05) is 6.54 Å². The maximum Gasteiger partial charge on any atom is 0.419 e. The molecule has 0 saturated carbocycles. The molecule has 1 N–H and O–H groups in total. The number of ether oxygens (including phenoxy) is 1. The summed E-state index contributed by atoms with van der Waals surface area (Å²) in [6, 6.07) is 1.71. The second-order valence-electron chi connectivity index (χ2n) is 5.10. The Bertz CT molecular complexity index is 514. The first-order valence-corrected chi connectivity index (χ1v) is 6.14. The van der Waals surface area contributed by atoms with Crippen molar-refractivity contribution in [1.29, 1.82) is 0 Å². The van der Waals surface area contributed by atoms with E-state index in [-0.39, 0.29) is 18.2 Å². The van der Waals surface area contributed by atoms with Crippen LogP contribution in [0.25, 0.3) is 0 Å². The molecule has 19 heavy (non-hydrogen) atoms. The number of hydrogen-bond acceptors (Lipinski definition) is 2. The standard InChI is InChI=1S/C13H13F4NO/c1-6-5-18-12-8-4-10(14)9(13(15,16)17)2-7(8)3-11(12)19-6/h2,4,6,11-12,18H,3,5H2,1H3/t6-,11+,12-/m0/s1. The van der Waals surface area contributed by atoms with Crippen LogP contribution in [-0.4, -0.2) is 18.8 Å². The lowest BCUT2D eigenvalue weighted by Crippen LogP contribution is -2.44. The third-order valence-electron chi connectivity index (χ3n) is 3.69. The Morgan fingerprint density at radius 1 is 1.32 bits per heavy atom. The molecule has 104 valence electrons. The van der Waals surface area contributed by atoms with Gasteiger partial charge in [-0.1, -0.05) is 0 Å². The fourth-order valence-electron chi connectivity index (χ4n) is 2.86. The number of nitrogens with one attached hydrogen (secondary N) is 1. The highest BCUT2D eigenvalue weighted by molar-refractivity contribution is 5.41. The Labute approximate surface area is 107 Å². The predicted molar refractivity (Wildman–Crippen MR) is 60.2 cm³/mol. The molecule has 2 nitrogen and oxygen atoms in total. The Kier molecular flexibility index (Phi) is 2.83. The van der Waals surface area contributed by atoms with E-state index in [4.69, 9.17) is 4.74 Å². The van der Waals surface area contributed by atoms with Crippen LogP contribution in [0.15, 0.2) is 12.1 Å². The van der Waals surface area contributed by atoms with E-state index in [0.29, 0.717) is 24.1 Å². The van der Waals surface area contributed by atoms with Crippen LogP contribution in [0, 0.1) is 5.82 Å². The fourth-order valence-corrected chi connectivity index (χ4v) is 2.86. The lowest BCUT2D eigenvalue weighted by molar-refractivity contribution is -0.140. The molecule has 0 spiro atoms. The molecule has 0 unspecified atom stereocenters. The van der Waals surface area contributed by atoms with E-state index < -0.39 is 17.6 Å². The molecule has 1 fully saturated rings. The van der Waals surface area contributed by atoms with Crippen molar-refractivity contribution in [2.45, 2.75) is 37.8 Å². The summed E-state index contributed by atoms with van der Waals surface area (Å²) in [6.45, 7) is 2.51. The first kappa shape index (κ1) is 12.9. The quantitative estimate of drug-likeness (QED) is 0.735. The summed E-state index contributed by atoms with van der Waals surface area (Å²) < 4.78 is 57.3. The van der Waals surface area contributed by atoms with Crippen molar-refractivity contribution in [1.82, 2.24) is 5.32 Å². The van der Waals surface area contributed by atoms with Gasteiger partial charge in [0.1, 0.15) is 5.82 Å². The van der Waals surface area contributed by atoms with Crippen LogP contribution in [0.1, 0.15) is 29.7 Å². The van der Waals surface area contributed by atoms with Gasteiger partial charge in [-0.2, -0.15) is 13.2 Å². The van der Waals surface area contributed by atoms with Gasteiger partial charge in [0, 0.05) is 13.0 Å². The van der Waals surface area contributed by atoms with Gasteiger partial charge in [0.2, 0.25) is 0 Å². The Hall–Kier alpha value is -1.14. The normalized spacial score (nSPS) is 30.1. The number of hydrogen-bond donors (Lipinski definition) is 1. The molecular formula is C13H13F4NO. The van der Waals surface area contributed by atoms with Crippen LogP contribution in [0.4, 0.5) is 17.6 Å². The van der Waals surface area contributed by atoms with Crippen molar-refractivity contribution in [3.05, 3.63) is 34.6 Å². The zero-order chi connectivity index (χ0) is 13.8. The minimum Gasteiger partial charge on any atom is -0.372 e. The zero-order valence-corrected chi connectivity index (χ0v) is 10.2. The molecule has 0 aromatic heterocycles. The maximum absolute atomic E-state index is 13.6. The van der Waals surface area contributed by atoms with Crippen LogP contribution in [0.3, 0.4) is 0 Å². The molecule has 2 aliphatic rings. The van der Waals surface area contributed by atoms with Crippen LogP contribution >= 0.6 is 0 Å². The minimum atomic E-state index is -4.66. The van der Waals surface area contributed by atoms with E-state index in [0.717, 1.165) is 12.1 Å². The molecule has 6 heteroatoms. The summed E-state index contributed by atoms with van der Waals surface area (Å²) in [4.78, 5) is 0. The maximum atomic E-state index is 13.6. The summed E-state index contributed by atoms with van der Waals surface area (Å²) in [5.74, 6) is -1.22. The summed E-state index contributed by atoms with van der Waals surface area (Å²) in [6.07, 6.45) is -4.46. The fraction of sp³-hybridized carbons (Fsp3) is 0.538. The summed E-state index contributed by atoms with van der Waals surface area (Å²) in [7, 11) is 0. The molecule has 0 bridgehead atoms. The number of alkyl halides is 3. The number of morpholine rings is 1. The SMILES string of the molecule is C[C@H]1CN[C@H]2c3cc(F)c(C(F)(F)F)cc3C[C@H]2O1. The average molecular weight is 275 g/mol. The Balaban J connectivity index is 2.00. The monoisotopic (exact) mass is 275 g/mol. The third-order valence-corrected chi connectivity index (χ3v) is 3.69. The molecule has 1 aromatic rings. The average Bonchev–Trinajstić information content (AvgIpc) is 2.63. The number of rotatable bonds is 0. The van der Waals surface area contributed by atoms with Crippen LogP contribution in [-0.2, 0) is 17.3 Å². The molecular weight excluding hydrogens is 262 g/mol. The third kappa shape index (κ3) is 2.12. The minimum absolute atomic E-state index is 0.0162. The van der Waals surface area contributed by atoms with Gasteiger partial charge in [-0.15, -0.1) is 0 Å². The molecule has 3 atom stereocenters. The predicted octanol–water partition coefficient (Wildman–Crippen LogP) is 2.82. The number of fused-ring (bicyclic) bond motifs is 3. The van der Waals surface area contributed by atoms with Gasteiger partial charge in [0.05, 0.1) is 23.8 Å². The van der Waals surface area contributed by atoms with Crippen LogP contribution in [0.2, 0.25) is 0 Å². The smallest absolute Gasteiger partial charge is 0.372 e. The molecule has 1 aliphatic carbocycles. The van der Waals surface area contributed by atoms with E-state index in [1.54, 1.807) is 0 Å². The Morgan fingerprint density at radius 3 is 2.74 bits per heavy atom. The number of benzene rings is 1. The summed E-state index contributed by atoms with van der Waals surface area (Å²) >= 11 is 0. The van der Waals surface area contributed by atoms with Gasteiger partial charge in [0.25, 0.3) is 0 Å². The summed E-state index contributed by atoms with van der Waals surface area (Å²) in [5, 5.41) is 3.20. The topological polar surface area (TPSA) is 21.3 Å². The lowest BCUT2D eigenvalue weighted by atomic mass is 10.0. The van der Waals surface area contributed by atoms with Crippen molar-refractivity contribution < 1.29 is 22.3 Å². The van der Waals surface area contributed by atoms with Gasteiger partial charge >= 0.3 is 6.18 Å². The molecule has 0 amide bonds. The van der Waals surface area contributed by atoms with Gasteiger partial charge in [-0.3, -0.25) is 0 Å². The van der Waals surface area contributed by atoms with Crippen LogP contribution in [0.5, 0.6) is 0 Å². The van der Waals surface area contributed by atoms with Gasteiger partial charge in [-0.05, 0) is 30.2 Å². The second kappa shape index (κ2) is 4.18. The Morgan fingerprint density at radius 2 is 2.05 bits per heavy atom. The van der Waals surface area contributed by atoms with Gasteiger partial charge in [0.15, 0.2) is 0 Å². The highest BCUT2D eigenvalue weighted by Gasteiger charge is 2.41. The van der Waals surface area contributed by atoms with Gasteiger partial charge < -0.3 is 10.1 Å². The van der Waals surface area contributed by atoms with Gasteiger partial charge in [-0.25, -0.2) is 4.39 Å². The molecule has 0 radical (unpaired) electrons. The molecule has 1 saturated heterocycles. The lowest BCUT2D eigenvalue weighted by Gasteiger charge is -2.32. The van der Waals surface area contributed by atoms with Crippen molar-refractivity contribution >= 4 is 0 Å². The van der Waals surface area contributed by atoms with Crippen molar-refractivity contribution in [3.8, 4) is 0 Å². The first-order valence-electron chi connectivity index (χ1n) is 6.14. The highest BCUT2D eigenvalue weighted by Crippen LogP contribution is 2.40.